The van der Waals surface area contributed by atoms with Crippen LogP contribution in [0.2, 0.25) is 0 Å². The van der Waals surface area contributed by atoms with Crippen molar-refractivity contribution >= 4 is 12.0 Å². The van der Waals surface area contributed by atoms with E-state index in [-0.39, 0.29) is 17.7 Å². The summed E-state index contributed by atoms with van der Waals surface area (Å²) in [6, 6.07) is 3.03. The third kappa shape index (κ3) is 2.08. The fourth-order valence-electron chi connectivity index (χ4n) is 0.985. The molecule has 4 nitrogen and oxygen atoms in total. The van der Waals surface area contributed by atoms with Gasteiger partial charge in [0.1, 0.15) is 12.1 Å². The topological polar surface area (TPSA) is 60.2 Å². The average molecular weight is 183 g/mol. The SMILES string of the molecule is O=CCc1cc(F)ccc1[N+](=O)[O-]. The molecular formula is C8H6FNO3. The monoisotopic (exact) mass is 183 g/mol. The molecule has 1 aromatic rings. The summed E-state index contributed by atoms with van der Waals surface area (Å²) in [5, 5.41) is 10.4. The molecule has 0 atom stereocenters. The number of halogens is 1. The summed E-state index contributed by atoms with van der Waals surface area (Å²) >= 11 is 0. The molecule has 0 heterocycles. The average Bonchev–Trinajstić information content (AvgIpc) is 2.04. The zero-order valence-corrected chi connectivity index (χ0v) is 6.57. The molecule has 0 aliphatic heterocycles. The Hall–Kier alpha value is -1.78. The summed E-state index contributed by atoms with van der Waals surface area (Å²) in [7, 11) is 0. The van der Waals surface area contributed by atoms with Gasteiger partial charge in [-0.2, -0.15) is 0 Å². The lowest BCUT2D eigenvalue weighted by atomic mass is 10.1. The van der Waals surface area contributed by atoms with Crippen LogP contribution in [0.25, 0.3) is 0 Å². The Morgan fingerprint density at radius 2 is 2.23 bits per heavy atom. The zero-order chi connectivity index (χ0) is 9.84. The molecule has 0 N–H and O–H groups in total. The summed E-state index contributed by atoms with van der Waals surface area (Å²) in [5.41, 5.74) is -0.131. The fraction of sp³-hybridized carbons (Fsp3) is 0.125. The van der Waals surface area contributed by atoms with Crippen molar-refractivity contribution in [1.82, 2.24) is 0 Å². The lowest BCUT2D eigenvalue weighted by Gasteiger charge is -1.97. The lowest BCUT2D eigenvalue weighted by molar-refractivity contribution is -0.385. The predicted molar refractivity (Wildman–Crippen MR) is 42.8 cm³/mol. The molecule has 5 heteroatoms. The number of carbonyl (C=O) groups excluding carboxylic acids is 1. The molecule has 1 rings (SSSR count). The first-order valence-electron chi connectivity index (χ1n) is 3.51. The highest BCUT2D eigenvalue weighted by Crippen LogP contribution is 2.19. The number of nitro benzene ring substituents is 1. The van der Waals surface area contributed by atoms with Gasteiger partial charge in [0, 0.05) is 18.1 Å². The quantitative estimate of drug-likeness (QED) is 0.405. The van der Waals surface area contributed by atoms with E-state index in [0.29, 0.717) is 6.29 Å². The van der Waals surface area contributed by atoms with Crippen molar-refractivity contribution in [3.63, 3.8) is 0 Å². The third-order valence-electron chi connectivity index (χ3n) is 1.54. The van der Waals surface area contributed by atoms with Crippen molar-refractivity contribution in [2.45, 2.75) is 6.42 Å². The minimum absolute atomic E-state index is 0.0972. The first kappa shape index (κ1) is 9.31. The first-order chi connectivity index (χ1) is 6.15. The maximum absolute atomic E-state index is 12.6. The third-order valence-corrected chi connectivity index (χ3v) is 1.54. The number of hydrogen-bond acceptors (Lipinski definition) is 3. The largest absolute Gasteiger partial charge is 0.303 e. The summed E-state index contributed by atoms with van der Waals surface area (Å²) in [6.07, 6.45) is 0.357. The molecule has 0 unspecified atom stereocenters. The van der Waals surface area contributed by atoms with E-state index in [0.717, 1.165) is 18.2 Å². The maximum Gasteiger partial charge on any atom is 0.273 e. The van der Waals surface area contributed by atoms with Gasteiger partial charge in [0.25, 0.3) is 5.69 Å². The molecular weight excluding hydrogens is 177 g/mol. The van der Waals surface area contributed by atoms with Gasteiger partial charge in [0.05, 0.1) is 4.92 Å². The van der Waals surface area contributed by atoms with E-state index >= 15 is 0 Å². The van der Waals surface area contributed by atoms with E-state index in [1.54, 1.807) is 0 Å². The van der Waals surface area contributed by atoms with Crippen molar-refractivity contribution in [3.05, 3.63) is 39.7 Å². The Bertz CT molecular complexity index is 351. The number of hydrogen-bond donors (Lipinski definition) is 0. The number of rotatable bonds is 3. The Labute approximate surface area is 73.1 Å². The van der Waals surface area contributed by atoms with Gasteiger partial charge in [0.15, 0.2) is 0 Å². The normalized spacial score (nSPS) is 9.62. The van der Waals surface area contributed by atoms with Gasteiger partial charge in [-0.3, -0.25) is 10.1 Å². The van der Waals surface area contributed by atoms with E-state index in [1.165, 1.54) is 0 Å². The van der Waals surface area contributed by atoms with Gasteiger partial charge in [0.2, 0.25) is 0 Å². The number of carbonyl (C=O) groups is 1. The summed E-state index contributed by atoms with van der Waals surface area (Å²) in [5.74, 6) is -0.581. The highest BCUT2D eigenvalue weighted by atomic mass is 19.1. The Balaban J connectivity index is 3.17. The number of aldehydes is 1. The van der Waals surface area contributed by atoms with Gasteiger partial charge < -0.3 is 4.79 Å². The van der Waals surface area contributed by atoms with E-state index in [1.807, 2.05) is 0 Å². The van der Waals surface area contributed by atoms with Crippen molar-refractivity contribution in [3.8, 4) is 0 Å². The molecule has 0 amide bonds. The van der Waals surface area contributed by atoms with E-state index in [4.69, 9.17) is 0 Å². The number of nitro groups is 1. The first-order valence-corrected chi connectivity index (χ1v) is 3.51. The summed E-state index contributed by atoms with van der Waals surface area (Å²) < 4.78 is 12.6. The van der Waals surface area contributed by atoms with Crippen LogP contribution >= 0.6 is 0 Å². The van der Waals surface area contributed by atoms with Crippen LogP contribution in [0.4, 0.5) is 10.1 Å². The van der Waals surface area contributed by atoms with Crippen molar-refractivity contribution in [2.75, 3.05) is 0 Å². The molecule has 0 radical (unpaired) electrons. The van der Waals surface area contributed by atoms with Crippen molar-refractivity contribution in [2.24, 2.45) is 0 Å². The highest BCUT2D eigenvalue weighted by molar-refractivity contribution is 5.59. The predicted octanol–water partition coefficient (Wildman–Crippen LogP) is 1.48. The van der Waals surface area contributed by atoms with Crippen LogP contribution in [0.5, 0.6) is 0 Å². The van der Waals surface area contributed by atoms with Crippen LogP contribution in [0.3, 0.4) is 0 Å². The van der Waals surface area contributed by atoms with Gasteiger partial charge in [-0.15, -0.1) is 0 Å². The van der Waals surface area contributed by atoms with Crippen LogP contribution < -0.4 is 0 Å². The van der Waals surface area contributed by atoms with Crippen LogP contribution in [0.15, 0.2) is 18.2 Å². The molecule has 0 saturated carbocycles. The second-order valence-electron chi connectivity index (χ2n) is 2.40. The molecule has 68 valence electrons. The van der Waals surface area contributed by atoms with Gasteiger partial charge in [-0.25, -0.2) is 4.39 Å². The molecule has 0 bridgehead atoms. The minimum Gasteiger partial charge on any atom is -0.303 e. The van der Waals surface area contributed by atoms with Gasteiger partial charge in [-0.05, 0) is 12.1 Å². The van der Waals surface area contributed by atoms with Crippen LogP contribution in [-0.4, -0.2) is 11.2 Å². The molecule has 1 aromatic carbocycles. The summed E-state index contributed by atoms with van der Waals surface area (Å²) in [4.78, 5) is 19.8. The van der Waals surface area contributed by atoms with E-state index < -0.39 is 10.7 Å². The second kappa shape index (κ2) is 3.75. The molecule has 0 saturated heterocycles. The van der Waals surface area contributed by atoms with Crippen LogP contribution in [0, 0.1) is 15.9 Å². The smallest absolute Gasteiger partial charge is 0.273 e. The highest BCUT2D eigenvalue weighted by Gasteiger charge is 2.13. The molecule has 0 fully saturated rings. The summed E-state index contributed by atoms with van der Waals surface area (Å²) in [6.45, 7) is 0. The van der Waals surface area contributed by atoms with Gasteiger partial charge >= 0.3 is 0 Å². The molecule has 0 aromatic heterocycles. The fourth-order valence-corrected chi connectivity index (χ4v) is 0.985. The molecule has 0 spiro atoms. The van der Waals surface area contributed by atoms with Crippen molar-refractivity contribution in [1.29, 1.82) is 0 Å². The van der Waals surface area contributed by atoms with Gasteiger partial charge in [-0.1, -0.05) is 0 Å². The molecule has 0 aliphatic carbocycles. The second-order valence-corrected chi connectivity index (χ2v) is 2.40. The van der Waals surface area contributed by atoms with Crippen molar-refractivity contribution < 1.29 is 14.1 Å². The molecule has 13 heavy (non-hydrogen) atoms. The van der Waals surface area contributed by atoms with Crippen LogP contribution in [0.1, 0.15) is 5.56 Å². The Kier molecular flexibility index (Phi) is 2.69. The Morgan fingerprint density at radius 1 is 1.54 bits per heavy atom. The minimum atomic E-state index is -0.641. The molecule has 0 aliphatic rings. The number of benzene rings is 1. The zero-order valence-electron chi connectivity index (χ0n) is 6.57. The lowest BCUT2D eigenvalue weighted by Crippen LogP contribution is -1.96. The van der Waals surface area contributed by atoms with E-state index in [2.05, 4.69) is 0 Å². The standard InChI is InChI=1S/C8H6FNO3/c9-7-1-2-8(10(12)13)6(5-7)3-4-11/h1-2,4-5H,3H2. The Morgan fingerprint density at radius 3 is 2.77 bits per heavy atom. The number of nitrogens with zero attached hydrogens (tertiary/aromatic N) is 1. The van der Waals surface area contributed by atoms with Crippen LogP contribution in [-0.2, 0) is 11.2 Å². The maximum atomic E-state index is 12.6. The van der Waals surface area contributed by atoms with E-state index in [9.17, 15) is 19.3 Å².